The van der Waals surface area contributed by atoms with Crippen LogP contribution in [0.25, 0.3) is 0 Å². The lowest BCUT2D eigenvalue weighted by molar-refractivity contribution is -0.139. The van der Waals surface area contributed by atoms with Crippen LogP contribution in [0.15, 0.2) is 29.9 Å². The van der Waals surface area contributed by atoms with Crippen molar-refractivity contribution in [2.75, 3.05) is 26.1 Å². The maximum absolute atomic E-state index is 13.1. The fraction of sp³-hybridized carbons (Fsp3) is 0.389. The van der Waals surface area contributed by atoms with E-state index in [4.69, 9.17) is 0 Å². The van der Waals surface area contributed by atoms with Crippen molar-refractivity contribution >= 4 is 34.3 Å². The third-order valence-corrected chi connectivity index (χ3v) is 5.61. The van der Waals surface area contributed by atoms with Crippen molar-refractivity contribution in [3.05, 3.63) is 41.2 Å². The highest BCUT2D eigenvalue weighted by atomic mass is 32.1. The summed E-state index contributed by atoms with van der Waals surface area (Å²) >= 11 is 1.27. The van der Waals surface area contributed by atoms with Gasteiger partial charge in [0.2, 0.25) is 11.8 Å². The third-order valence-electron chi connectivity index (χ3n) is 4.64. The average Bonchev–Trinajstić information content (AvgIpc) is 3.26. The van der Waals surface area contributed by atoms with Crippen LogP contribution >= 0.6 is 11.3 Å². The third kappa shape index (κ3) is 3.82. The van der Waals surface area contributed by atoms with E-state index in [0.29, 0.717) is 10.8 Å². The van der Waals surface area contributed by atoms with Gasteiger partial charge in [0.15, 0.2) is 5.13 Å². The van der Waals surface area contributed by atoms with Gasteiger partial charge in [-0.2, -0.15) is 0 Å². The smallest absolute Gasteiger partial charge is 0.311 e. The lowest BCUT2D eigenvalue weighted by atomic mass is 9.93. The number of anilines is 1. The number of amides is 2. The number of nitrogens with zero attached hydrogens (tertiary/aromatic N) is 4. The van der Waals surface area contributed by atoms with Crippen LogP contribution in [0.2, 0.25) is 0 Å². The Kier molecular flexibility index (Phi) is 5.50. The molecule has 0 saturated carbocycles. The molecule has 0 unspecified atom stereocenters. The van der Waals surface area contributed by atoms with E-state index in [9.17, 15) is 14.4 Å². The first kappa shape index (κ1) is 19.0. The maximum atomic E-state index is 13.1. The van der Waals surface area contributed by atoms with Crippen LogP contribution in [0, 0.1) is 5.92 Å². The molecule has 3 heterocycles. The highest BCUT2D eigenvalue weighted by Crippen LogP contribution is 2.38. The number of hydrogen-bond acceptors (Lipinski definition) is 7. The Morgan fingerprint density at radius 3 is 2.89 bits per heavy atom. The zero-order chi connectivity index (χ0) is 19.6. The summed E-state index contributed by atoms with van der Waals surface area (Å²) in [5.74, 6) is -1.19. The van der Waals surface area contributed by atoms with Crippen molar-refractivity contribution in [2.24, 2.45) is 5.92 Å². The predicted octanol–water partition coefficient (Wildman–Crippen LogP) is 1.44. The van der Waals surface area contributed by atoms with Gasteiger partial charge in [0.25, 0.3) is 0 Å². The van der Waals surface area contributed by atoms with Crippen molar-refractivity contribution in [1.29, 1.82) is 0 Å². The van der Waals surface area contributed by atoms with Crippen molar-refractivity contribution in [1.82, 2.24) is 14.9 Å². The first-order valence-corrected chi connectivity index (χ1v) is 9.24. The van der Waals surface area contributed by atoms with Gasteiger partial charge >= 0.3 is 5.97 Å². The molecule has 0 bridgehead atoms. The second-order valence-electron chi connectivity index (χ2n) is 6.32. The summed E-state index contributed by atoms with van der Waals surface area (Å²) in [6, 6.07) is 3.29. The zero-order valence-electron chi connectivity index (χ0n) is 15.3. The minimum Gasteiger partial charge on any atom is -0.469 e. The molecule has 8 nitrogen and oxygen atoms in total. The summed E-state index contributed by atoms with van der Waals surface area (Å²) in [4.78, 5) is 48.3. The van der Waals surface area contributed by atoms with Gasteiger partial charge in [0, 0.05) is 38.3 Å². The Morgan fingerprint density at radius 2 is 2.22 bits per heavy atom. The van der Waals surface area contributed by atoms with E-state index >= 15 is 0 Å². The van der Waals surface area contributed by atoms with Crippen molar-refractivity contribution in [3.8, 4) is 0 Å². The van der Waals surface area contributed by atoms with Crippen molar-refractivity contribution in [2.45, 2.75) is 18.9 Å². The first-order valence-electron chi connectivity index (χ1n) is 8.36. The molecule has 27 heavy (non-hydrogen) atoms. The number of thiazole rings is 1. The summed E-state index contributed by atoms with van der Waals surface area (Å²) in [6.45, 7) is 0. The van der Waals surface area contributed by atoms with Gasteiger partial charge in [0.1, 0.15) is 0 Å². The fourth-order valence-corrected chi connectivity index (χ4v) is 3.99. The molecule has 0 aliphatic carbocycles. The molecular formula is C18H20N4O4S. The lowest BCUT2D eigenvalue weighted by Gasteiger charge is -2.26. The molecule has 1 aliphatic rings. The zero-order valence-corrected chi connectivity index (χ0v) is 16.1. The van der Waals surface area contributed by atoms with Gasteiger partial charge in [-0.05, 0) is 11.6 Å². The van der Waals surface area contributed by atoms with Gasteiger partial charge in [-0.25, -0.2) is 4.98 Å². The Morgan fingerprint density at radius 1 is 1.44 bits per heavy atom. The normalized spacial score (nSPS) is 19.2. The van der Waals surface area contributed by atoms with Crippen molar-refractivity contribution in [3.63, 3.8) is 0 Å². The van der Waals surface area contributed by atoms with Crippen LogP contribution in [0.1, 0.15) is 23.7 Å². The minimum atomic E-state index is -0.523. The van der Waals surface area contributed by atoms with E-state index in [1.807, 2.05) is 6.07 Å². The molecule has 2 amide bonds. The quantitative estimate of drug-likeness (QED) is 0.720. The average molecular weight is 388 g/mol. The van der Waals surface area contributed by atoms with Crippen LogP contribution in [0.3, 0.4) is 0 Å². The SMILES string of the molecule is COC(=O)Cc1csc(N(C)C(=O)[C@@H]2CC(=O)N(C)[C@H]2c2cccnc2)n1. The predicted molar refractivity (Wildman–Crippen MR) is 99.1 cm³/mol. The molecule has 2 aromatic heterocycles. The summed E-state index contributed by atoms with van der Waals surface area (Å²) in [5.41, 5.74) is 1.37. The molecule has 2 aromatic rings. The number of pyridine rings is 1. The number of ether oxygens (including phenoxy) is 1. The van der Waals surface area contributed by atoms with E-state index in [1.165, 1.54) is 23.3 Å². The first-order chi connectivity index (χ1) is 12.9. The van der Waals surface area contributed by atoms with Gasteiger partial charge in [-0.15, -0.1) is 11.3 Å². The number of esters is 1. The number of rotatable bonds is 5. The van der Waals surface area contributed by atoms with Gasteiger partial charge in [-0.1, -0.05) is 6.07 Å². The van der Waals surface area contributed by atoms with E-state index in [-0.39, 0.29) is 36.7 Å². The topological polar surface area (TPSA) is 92.7 Å². The number of carbonyl (C=O) groups excluding carboxylic acids is 3. The maximum Gasteiger partial charge on any atom is 0.311 e. The molecule has 1 aliphatic heterocycles. The summed E-state index contributed by atoms with van der Waals surface area (Å²) < 4.78 is 4.64. The number of aromatic nitrogens is 2. The molecule has 1 saturated heterocycles. The monoisotopic (exact) mass is 388 g/mol. The second kappa shape index (κ2) is 7.83. The van der Waals surface area contributed by atoms with Crippen LogP contribution in [0.5, 0.6) is 0 Å². The Balaban J connectivity index is 1.81. The molecule has 0 aromatic carbocycles. The molecule has 0 radical (unpaired) electrons. The van der Waals surface area contributed by atoms with E-state index in [0.717, 1.165) is 5.56 Å². The van der Waals surface area contributed by atoms with Crippen LogP contribution in [-0.4, -0.2) is 53.9 Å². The van der Waals surface area contributed by atoms with E-state index in [1.54, 1.807) is 42.8 Å². The molecule has 142 valence electrons. The minimum absolute atomic E-state index is 0.0536. The number of methoxy groups -OCH3 is 1. The Labute approximate surface area is 160 Å². The van der Waals surface area contributed by atoms with Crippen LogP contribution in [0.4, 0.5) is 5.13 Å². The van der Waals surface area contributed by atoms with E-state index < -0.39 is 5.92 Å². The second-order valence-corrected chi connectivity index (χ2v) is 7.15. The molecule has 3 rings (SSSR count). The van der Waals surface area contributed by atoms with Crippen molar-refractivity contribution < 1.29 is 19.1 Å². The molecule has 0 N–H and O–H groups in total. The van der Waals surface area contributed by atoms with Gasteiger partial charge < -0.3 is 9.64 Å². The summed E-state index contributed by atoms with van der Waals surface area (Å²) in [5, 5.41) is 2.20. The van der Waals surface area contributed by atoms with Gasteiger partial charge in [-0.3, -0.25) is 24.3 Å². The molecule has 1 fully saturated rings. The summed E-state index contributed by atoms with van der Waals surface area (Å²) in [6.07, 6.45) is 3.52. The number of carbonyl (C=O) groups is 3. The number of hydrogen-bond donors (Lipinski definition) is 0. The van der Waals surface area contributed by atoms with Crippen LogP contribution < -0.4 is 4.90 Å². The molecular weight excluding hydrogens is 368 g/mol. The van der Waals surface area contributed by atoms with E-state index in [2.05, 4.69) is 14.7 Å². The fourth-order valence-electron chi connectivity index (χ4n) is 3.19. The lowest BCUT2D eigenvalue weighted by Crippen LogP contribution is -2.36. The number of likely N-dealkylation sites (tertiary alicyclic amines) is 1. The highest BCUT2D eigenvalue weighted by Gasteiger charge is 2.44. The largest absolute Gasteiger partial charge is 0.469 e. The van der Waals surface area contributed by atoms with Crippen LogP contribution in [-0.2, 0) is 25.5 Å². The highest BCUT2D eigenvalue weighted by molar-refractivity contribution is 7.14. The molecule has 9 heteroatoms. The molecule has 0 spiro atoms. The van der Waals surface area contributed by atoms with Gasteiger partial charge in [0.05, 0.1) is 31.2 Å². The summed E-state index contributed by atoms with van der Waals surface area (Å²) in [7, 11) is 4.65. The standard InChI is InChI=1S/C18H20N4O4S/c1-21-14(23)8-13(16(21)11-5-4-6-19-9-11)17(25)22(2)18-20-12(10-27-18)7-15(24)26-3/h4-6,9-10,13,16H,7-8H2,1-3H3/t13-,16+/m1/s1. The molecule has 2 atom stereocenters. The Bertz CT molecular complexity index is 854. The Hall–Kier alpha value is -2.81.